The van der Waals surface area contributed by atoms with E-state index in [0.717, 1.165) is 36.1 Å². The molecule has 30 heavy (non-hydrogen) atoms. The molecule has 0 saturated carbocycles. The van der Waals surface area contributed by atoms with Crippen LogP contribution in [0.1, 0.15) is 50.7 Å². The lowest BCUT2D eigenvalue weighted by atomic mass is 10.1. The van der Waals surface area contributed by atoms with Crippen LogP contribution in [0.25, 0.3) is 0 Å². The van der Waals surface area contributed by atoms with E-state index in [1.165, 1.54) is 0 Å². The monoisotopic (exact) mass is 410 g/mol. The van der Waals surface area contributed by atoms with E-state index in [0.29, 0.717) is 25.9 Å². The van der Waals surface area contributed by atoms with Crippen LogP contribution in [-0.4, -0.2) is 36.4 Å². The number of methoxy groups -OCH3 is 1. The number of hydrogen-bond acceptors (Lipinski definition) is 3. The van der Waals surface area contributed by atoms with Gasteiger partial charge in [-0.25, -0.2) is 0 Å². The average Bonchev–Trinajstić information content (AvgIpc) is 2.79. The smallest absolute Gasteiger partial charge is 0.242 e. The third kappa shape index (κ3) is 7.54. The summed E-state index contributed by atoms with van der Waals surface area (Å²) in [5.41, 5.74) is 2.08. The van der Waals surface area contributed by atoms with Gasteiger partial charge in [0.25, 0.3) is 0 Å². The molecule has 1 N–H and O–H groups in total. The summed E-state index contributed by atoms with van der Waals surface area (Å²) in [7, 11) is 1.62. The van der Waals surface area contributed by atoms with E-state index in [-0.39, 0.29) is 11.8 Å². The van der Waals surface area contributed by atoms with Crippen molar-refractivity contribution in [2.45, 2.75) is 58.5 Å². The van der Waals surface area contributed by atoms with Crippen molar-refractivity contribution in [2.24, 2.45) is 0 Å². The number of unbranched alkanes of at least 4 members (excludes halogenated alkanes) is 2. The number of ether oxygens (including phenoxy) is 1. The zero-order chi connectivity index (χ0) is 21.8. The predicted octanol–water partition coefficient (Wildman–Crippen LogP) is 4.35. The number of benzene rings is 2. The molecule has 2 amide bonds. The van der Waals surface area contributed by atoms with Crippen LogP contribution in [0.15, 0.2) is 54.6 Å². The molecule has 0 aliphatic rings. The van der Waals surface area contributed by atoms with Crippen molar-refractivity contribution in [3.8, 4) is 5.75 Å². The Morgan fingerprint density at radius 1 is 1.00 bits per heavy atom. The van der Waals surface area contributed by atoms with Gasteiger partial charge in [0.2, 0.25) is 11.8 Å². The fourth-order valence-electron chi connectivity index (χ4n) is 3.28. The maximum atomic E-state index is 13.1. The lowest BCUT2D eigenvalue weighted by molar-refractivity contribution is -0.140. The molecule has 0 aliphatic heterocycles. The van der Waals surface area contributed by atoms with Gasteiger partial charge in [0, 0.05) is 19.5 Å². The molecule has 0 fully saturated rings. The Kier molecular flexibility index (Phi) is 9.92. The van der Waals surface area contributed by atoms with Crippen LogP contribution < -0.4 is 10.1 Å². The van der Waals surface area contributed by atoms with Crippen molar-refractivity contribution in [3.63, 3.8) is 0 Å². The molecule has 0 aromatic heterocycles. The maximum Gasteiger partial charge on any atom is 0.242 e. The maximum absolute atomic E-state index is 13.1. The van der Waals surface area contributed by atoms with Crippen LogP contribution in [0, 0.1) is 0 Å². The minimum absolute atomic E-state index is 0.0223. The molecule has 5 heteroatoms. The molecule has 0 radical (unpaired) electrons. The number of carbonyl (C=O) groups excluding carboxylic acids is 2. The molecule has 0 unspecified atom stereocenters. The SMILES string of the molecule is CCCCCNC(=O)[C@@H](C)N(Cc1ccc(OC)cc1)C(=O)CCc1ccccc1. The van der Waals surface area contributed by atoms with Gasteiger partial charge in [-0.3, -0.25) is 9.59 Å². The first-order valence-electron chi connectivity index (χ1n) is 10.8. The minimum Gasteiger partial charge on any atom is -0.497 e. The summed E-state index contributed by atoms with van der Waals surface area (Å²) in [4.78, 5) is 27.5. The Labute approximate surface area is 180 Å². The lowest BCUT2D eigenvalue weighted by Gasteiger charge is -2.29. The predicted molar refractivity (Wildman–Crippen MR) is 120 cm³/mol. The largest absolute Gasteiger partial charge is 0.497 e. The molecular formula is C25H34N2O3. The highest BCUT2D eigenvalue weighted by Gasteiger charge is 2.25. The van der Waals surface area contributed by atoms with E-state index in [1.54, 1.807) is 18.9 Å². The van der Waals surface area contributed by atoms with Crippen molar-refractivity contribution in [1.29, 1.82) is 0 Å². The highest BCUT2D eigenvalue weighted by molar-refractivity contribution is 5.87. The van der Waals surface area contributed by atoms with Crippen molar-refractivity contribution in [2.75, 3.05) is 13.7 Å². The minimum atomic E-state index is -0.531. The summed E-state index contributed by atoms with van der Waals surface area (Å²) < 4.78 is 5.21. The van der Waals surface area contributed by atoms with Gasteiger partial charge < -0.3 is 15.0 Å². The van der Waals surface area contributed by atoms with E-state index in [2.05, 4.69) is 12.2 Å². The van der Waals surface area contributed by atoms with Gasteiger partial charge in [-0.1, -0.05) is 62.2 Å². The molecule has 162 valence electrons. The molecule has 2 rings (SSSR count). The van der Waals surface area contributed by atoms with Crippen LogP contribution in [0.5, 0.6) is 5.75 Å². The number of carbonyl (C=O) groups is 2. The Morgan fingerprint density at radius 3 is 2.33 bits per heavy atom. The Morgan fingerprint density at radius 2 is 1.70 bits per heavy atom. The van der Waals surface area contributed by atoms with Crippen molar-refractivity contribution < 1.29 is 14.3 Å². The molecule has 0 spiro atoms. The third-order valence-corrected chi connectivity index (χ3v) is 5.23. The Bertz CT molecular complexity index is 775. The number of amides is 2. The zero-order valence-corrected chi connectivity index (χ0v) is 18.4. The highest BCUT2D eigenvalue weighted by atomic mass is 16.5. The van der Waals surface area contributed by atoms with Gasteiger partial charge >= 0.3 is 0 Å². The lowest BCUT2D eigenvalue weighted by Crippen LogP contribution is -2.47. The Balaban J connectivity index is 2.07. The summed E-state index contributed by atoms with van der Waals surface area (Å²) in [5.74, 6) is 0.640. The van der Waals surface area contributed by atoms with Crippen LogP contribution in [-0.2, 0) is 22.6 Å². The van der Waals surface area contributed by atoms with E-state index < -0.39 is 6.04 Å². The molecule has 0 bridgehead atoms. The first-order valence-corrected chi connectivity index (χ1v) is 10.8. The molecule has 0 saturated heterocycles. The summed E-state index contributed by atoms with van der Waals surface area (Å²) in [6, 6.07) is 17.0. The third-order valence-electron chi connectivity index (χ3n) is 5.23. The van der Waals surface area contributed by atoms with E-state index in [1.807, 2.05) is 54.6 Å². The van der Waals surface area contributed by atoms with Crippen molar-refractivity contribution >= 4 is 11.8 Å². The summed E-state index contributed by atoms with van der Waals surface area (Å²) in [5, 5.41) is 2.98. The van der Waals surface area contributed by atoms with Crippen LogP contribution in [0.3, 0.4) is 0 Å². The van der Waals surface area contributed by atoms with Gasteiger partial charge in [0.15, 0.2) is 0 Å². The van der Waals surface area contributed by atoms with Gasteiger partial charge in [0.1, 0.15) is 11.8 Å². The fraction of sp³-hybridized carbons (Fsp3) is 0.440. The number of aryl methyl sites for hydroxylation is 1. The standard InChI is InChI=1S/C25H34N2O3/c1-4-5-9-18-26-25(29)20(2)27(19-22-12-15-23(30-3)16-13-22)24(28)17-14-21-10-7-6-8-11-21/h6-8,10-13,15-16,20H,4-5,9,14,17-19H2,1-3H3,(H,26,29)/t20-/m1/s1. The van der Waals surface area contributed by atoms with E-state index in [9.17, 15) is 9.59 Å². The first-order chi connectivity index (χ1) is 14.5. The van der Waals surface area contributed by atoms with Crippen molar-refractivity contribution in [1.82, 2.24) is 10.2 Å². The molecule has 2 aromatic carbocycles. The zero-order valence-electron chi connectivity index (χ0n) is 18.4. The summed E-state index contributed by atoms with van der Waals surface area (Å²) in [6.45, 7) is 4.97. The molecule has 2 aromatic rings. The van der Waals surface area contributed by atoms with E-state index in [4.69, 9.17) is 4.74 Å². The first kappa shape index (κ1) is 23.5. The van der Waals surface area contributed by atoms with Crippen LogP contribution in [0.4, 0.5) is 0 Å². The van der Waals surface area contributed by atoms with Gasteiger partial charge in [-0.05, 0) is 43.0 Å². The molecular weight excluding hydrogens is 376 g/mol. The van der Waals surface area contributed by atoms with E-state index >= 15 is 0 Å². The normalized spacial score (nSPS) is 11.6. The molecule has 1 atom stereocenters. The number of nitrogens with zero attached hydrogens (tertiary/aromatic N) is 1. The molecule has 0 aliphatic carbocycles. The number of nitrogens with one attached hydrogen (secondary N) is 1. The molecule has 0 heterocycles. The summed E-state index contributed by atoms with van der Waals surface area (Å²) >= 11 is 0. The van der Waals surface area contributed by atoms with Gasteiger partial charge in [-0.2, -0.15) is 0 Å². The molecule has 5 nitrogen and oxygen atoms in total. The number of rotatable bonds is 12. The second kappa shape index (κ2) is 12.7. The van der Waals surface area contributed by atoms with Gasteiger partial charge in [0.05, 0.1) is 7.11 Å². The van der Waals surface area contributed by atoms with Gasteiger partial charge in [-0.15, -0.1) is 0 Å². The fourth-order valence-corrected chi connectivity index (χ4v) is 3.28. The average molecular weight is 411 g/mol. The number of hydrogen-bond donors (Lipinski definition) is 1. The Hall–Kier alpha value is -2.82. The summed E-state index contributed by atoms with van der Waals surface area (Å²) in [6.07, 6.45) is 4.17. The van der Waals surface area contributed by atoms with Crippen LogP contribution >= 0.6 is 0 Å². The second-order valence-corrected chi connectivity index (χ2v) is 7.53. The highest BCUT2D eigenvalue weighted by Crippen LogP contribution is 2.16. The second-order valence-electron chi connectivity index (χ2n) is 7.53. The van der Waals surface area contributed by atoms with Crippen molar-refractivity contribution in [3.05, 3.63) is 65.7 Å². The topological polar surface area (TPSA) is 58.6 Å². The van der Waals surface area contributed by atoms with Crippen LogP contribution in [0.2, 0.25) is 0 Å². The quantitative estimate of drug-likeness (QED) is 0.529.